The van der Waals surface area contributed by atoms with Gasteiger partial charge in [0, 0.05) is 5.41 Å². The number of ether oxygens (including phenoxy) is 3. The fourth-order valence-electron chi connectivity index (χ4n) is 3.32. The summed E-state index contributed by atoms with van der Waals surface area (Å²) >= 11 is 0. The van der Waals surface area contributed by atoms with Crippen LogP contribution in [0.1, 0.15) is 63.8 Å². The normalized spacial score (nSPS) is 12.9. The second-order valence-electron chi connectivity index (χ2n) is 9.87. The van der Waals surface area contributed by atoms with Crippen LogP contribution in [0.15, 0.2) is 36.4 Å². The second-order valence-corrected chi connectivity index (χ2v) is 9.87. The molecule has 5 heteroatoms. The maximum atomic E-state index is 11.6. The van der Waals surface area contributed by atoms with Crippen molar-refractivity contribution in [3.05, 3.63) is 58.7 Å². The van der Waals surface area contributed by atoms with Crippen molar-refractivity contribution in [2.75, 3.05) is 19.8 Å². The highest BCUT2D eigenvalue weighted by atomic mass is 16.6. The van der Waals surface area contributed by atoms with Crippen LogP contribution in [-0.2, 0) is 14.9 Å². The van der Waals surface area contributed by atoms with Crippen molar-refractivity contribution >= 4 is 5.97 Å². The fraction of sp³-hybridized carbons (Fsp3) is 0.519. The van der Waals surface area contributed by atoms with E-state index in [0.29, 0.717) is 12.4 Å². The molecule has 0 aliphatic carbocycles. The number of hydrogen-bond donors (Lipinski definition) is 1. The van der Waals surface area contributed by atoms with Gasteiger partial charge >= 0.3 is 5.97 Å². The molecule has 32 heavy (non-hydrogen) atoms. The number of carbonyl (C=O) groups excluding carboxylic acids is 1. The maximum Gasteiger partial charge on any atom is 0.344 e. The van der Waals surface area contributed by atoms with E-state index in [0.717, 1.165) is 22.4 Å². The lowest BCUT2D eigenvalue weighted by atomic mass is 9.77. The molecule has 0 spiro atoms. The monoisotopic (exact) mass is 442 g/mol. The van der Waals surface area contributed by atoms with E-state index in [-0.39, 0.29) is 30.0 Å². The minimum Gasteiger partial charge on any atom is -0.491 e. The smallest absolute Gasteiger partial charge is 0.344 e. The minimum absolute atomic E-state index is 0.0953. The lowest BCUT2D eigenvalue weighted by molar-refractivity contribution is -0.145. The summed E-state index contributed by atoms with van der Waals surface area (Å²) in [6.45, 7) is 16.6. The topological polar surface area (TPSA) is 65.0 Å². The molecule has 0 heterocycles. The van der Waals surface area contributed by atoms with Crippen molar-refractivity contribution in [3.8, 4) is 11.5 Å². The quantitative estimate of drug-likeness (QED) is 0.530. The Morgan fingerprint density at radius 1 is 0.906 bits per heavy atom. The average Bonchev–Trinajstić information content (AvgIpc) is 2.71. The first-order chi connectivity index (χ1) is 14.9. The van der Waals surface area contributed by atoms with Gasteiger partial charge in [-0.15, -0.1) is 0 Å². The van der Waals surface area contributed by atoms with E-state index in [9.17, 15) is 9.90 Å². The summed E-state index contributed by atoms with van der Waals surface area (Å²) in [5, 5.41) is 10.3. The first-order valence-corrected chi connectivity index (χ1v) is 11.2. The highest BCUT2D eigenvalue weighted by Crippen LogP contribution is 2.36. The van der Waals surface area contributed by atoms with Crippen molar-refractivity contribution in [2.45, 2.75) is 66.9 Å². The van der Waals surface area contributed by atoms with Crippen LogP contribution in [0, 0.1) is 19.3 Å². The highest BCUT2D eigenvalue weighted by molar-refractivity contribution is 5.71. The van der Waals surface area contributed by atoms with Crippen molar-refractivity contribution < 1.29 is 24.1 Å². The maximum absolute atomic E-state index is 11.6. The summed E-state index contributed by atoms with van der Waals surface area (Å²) in [6.07, 6.45) is -0.537. The van der Waals surface area contributed by atoms with Gasteiger partial charge in [0.2, 0.25) is 0 Å². The number of hydrogen-bond acceptors (Lipinski definition) is 5. The Kier molecular flexibility index (Phi) is 8.35. The molecule has 2 rings (SSSR count). The fourth-order valence-corrected chi connectivity index (χ4v) is 3.32. The standard InChI is InChI=1S/C27H38O5/c1-9-30-25(29)17-32-23-13-11-21(15-19(23)3)27(7,8)20-10-12-22(18(2)14-20)31-16-24(28)26(4,5)6/h10-15,24,28H,9,16-17H2,1-8H3/t24-/m0/s1. The third kappa shape index (κ3) is 6.49. The van der Waals surface area contributed by atoms with Crippen LogP contribution in [0.5, 0.6) is 11.5 Å². The lowest BCUT2D eigenvalue weighted by Gasteiger charge is -2.28. The molecule has 2 aromatic rings. The summed E-state index contributed by atoms with van der Waals surface area (Å²) in [7, 11) is 0. The number of aryl methyl sites for hydroxylation is 2. The van der Waals surface area contributed by atoms with Gasteiger partial charge in [0.25, 0.3) is 0 Å². The predicted octanol–water partition coefficient (Wildman–Crippen LogP) is 5.36. The SMILES string of the molecule is CCOC(=O)COc1ccc(C(C)(C)c2ccc(OC[C@H](O)C(C)(C)C)c(C)c2)cc1C. The van der Waals surface area contributed by atoms with Gasteiger partial charge in [0.1, 0.15) is 18.1 Å². The lowest BCUT2D eigenvalue weighted by Crippen LogP contribution is -2.32. The number of esters is 1. The van der Waals surface area contributed by atoms with Crippen LogP contribution in [-0.4, -0.2) is 37.0 Å². The van der Waals surface area contributed by atoms with Gasteiger partial charge in [-0.25, -0.2) is 4.79 Å². The van der Waals surface area contributed by atoms with E-state index in [1.54, 1.807) is 6.92 Å². The van der Waals surface area contributed by atoms with E-state index in [4.69, 9.17) is 14.2 Å². The van der Waals surface area contributed by atoms with Crippen LogP contribution in [0.3, 0.4) is 0 Å². The Labute approximate surface area is 192 Å². The van der Waals surface area contributed by atoms with Gasteiger partial charge in [-0.05, 0) is 60.6 Å². The number of aliphatic hydroxyl groups excluding tert-OH is 1. The highest BCUT2D eigenvalue weighted by Gasteiger charge is 2.26. The summed E-state index contributed by atoms with van der Waals surface area (Å²) in [5.74, 6) is 1.09. The molecule has 1 N–H and O–H groups in total. The number of carbonyl (C=O) groups is 1. The Balaban J connectivity index is 2.16. The summed E-state index contributed by atoms with van der Waals surface area (Å²) in [4.78, 5) is 11.6. The van der Waals surface area contributed by atoms with Gasteiger partial charge in [0.15, 0.2) is 6.61 Å². The first-order valence-electron chi connectivity index (χ1n) is 11.2. The summed E-state index contributed by atoms with van der Waals surface area (Å²) in [6, 6.07) is 12.2. The Morgan fingerprint density at radius 3 is 1.84 bits per heavy atom. The molecular formula is C27H38O5. The number of rotatable bonds is 9. The zero-order chi connectivity index (χ0) is 24.1. The molecule has 0 saturated heterocycles. The van der Waals surface area contributed by atoms with Crippen LogP contribution < -0.4 is 9.47 Å². The van der Waals surface area contributed by atoms with E-state index >= 15 is 0 Å². The van der Waals surface area contributed by atoms with Crippen LogP contribution in [0.25, 0.3) is 0 Å². The number of benzene rings is 2. The molecule has 0 aliphatic rings. The average molecular weight is 443 g/mol. The second kappa shape index (κ2) is 10.4. The predicted molar refractivity (Wildman–Crippen MR) is 128 cm³/mol. The van der Waals surface area contributed by atoms with Gasteiger partial charge in [-0.2, -0.15) is 0 Å². The molecule has 0 radical (unpaired) electrons. The van der Waals surface area contributed by atoms with E-state index < -0.39 is 6.10 Å². The van der Waals surface area contributed by atoms with Gasteiger partial charge in [-0.1, -0.05) is 58.9 Å². The molecule has 0 saturated carbocycles. The summed E-state index contributed by atoms with van der Waals surface area (Å²) in [5.41, 5.74) is 3.85. The molecule has 1 atom stereocenters. The molecule has 5 nitrogen and oxygen atoms in total. The molecular weight excluding hydrogens is 404 g/mol. The number of aliphatic hydroxyl groups is 1. The first kappa shape index (κ1) is 25.7. The zero-order valence-corrected chi connectivity index (χ0v) is 20.7. The molecule has 0 fully saturated rings. The van der Waals surface area contributed by atoms with Crippen LogP contribution >= 0.6 is 0 Å². The zero-order valence-electron chi connectivity index (χ0n) is 20.7. The molecule has 0 amide bonds. The third-order valence-corrected chi connectivity index (χ3v) is 5.84. The van der Waals surface area contributed by atoms with Crippen LogP contribution in [0.2, 0.25) is 0 Å². The molecule has 0 bridgehead atoms. The Bertz CT molecular complexity index is 924. The Hall–Kier alpha value is -2.53. The molecule has 2 aromatic carbocycles. The van der Waals surface area contributed by atoms with Crippen molar-refractivity contribution in [3.63, 3.8) is 0 Å². The van der Waals surface area contributed by atoms with E-state index in [1.165, 1.54) is 5.56 Å². The molecule has 176 valence electrons. The third-order valence-electron chi connectivity index (χ3n) is 5.84. The molecule has 0 unspecified atom stereocenters. The van der Waals surface area contributed by atoms with Gasteiger partial charge in [0.05, 0.1) is 12.7 Å². The van der Waals surface area contributed by atoms with Crippen LogP contribution in [0.4, 0.5) is 0 Å². The van der Waals surface area contributed by atoms with Crippen molar-refractivity contribution in [1.29, 1.82) is 0 Å². The largest absolute Gasteiger partial charge is 0.491 e. The van der Waals surface area contributed by atoms with Crippen molar-refractivity contribution in [1.82, 2.24) is 0 Å². The van der Waals surface area contributed by atoms with Gasteiger partial charge < -0.3 is 19.3 Å². The van der Waals surface area contributed by atoms with E-state index in [1.807, 2.05) is 52.8 Å². The Morgan fingerprint density at radius 2 is 1.41 bits per heavy atom. The minimum atomic E-state index is -0.537. The van der Waals surface area contributed by atoms with E-state index in [2.05, 4.69) is 32.0 Å². The summed E-state index contributed by atoms with van der Waals surface area (Å²) < 4.78 is 16.4. The molecule has 0 aliphatic heterocycles. The van der Waals surface area contributed by atoms with Gasteiger partial charge in [-0.3, -0.25) is 0 Å². The van der Waals surface area contributed by atoms with Crippen molar-refractivity contribution in [2.24, 2.45) is 5.41 Å². The molecule has 0 aromatic heterocycles.